The SMILES string of the molecule is CCCCN(C)CCN=C(N)NC1CCN(C(=O)OCC)CC1. The van der Waals surface area contributed by atoms with Crippen LogP contribution in [0.1, 0.15) is 39.5 Å². The van der Waals surface area contributed by atoms with Crippen LogP contribution in [0.2, 0.25) is 0 Å². The second kappa shape index (κ2) is 11.1. The summed E-state index contributed by atoms with van der Waals surface area (Å²) >= 11 is 0. The maximum absolute atomic E-state index is 11.6. The smallest absolute Gasteiger partial charge is 0.409 e. The summed E-state index contributed by atoms with van der Waals surface area (Å²) in [6, 6.07) is 0.280. The molecule has 1 aliphatic rings. The van der Waals surface area contributed by atoms with Crippen molar-refractivity contribution in [1.29, 1.82) is 0 Å². The number of carbonyl (C=O) groups is 1. The quantitative estimate of drug-likeness (QED) is 0.518. The minimum Gasteiger partial charge on any atom is -0.450 e. The van der Waals surface area contributed by atoms with Crippen LogP contribution in [-0.2, 0) is 4.74 Å². The Bertz CT molecular complexity index is 367. The van der Waals surface area contributed by atoms with E-state index >= 15 is 0 Å². The highest BCUT2D eigenvalue weighted by molar-refractivity contribution is 5.78. The molecule has 0 aliphatic carbocycles. The Labute approximate surface area is 140 Å². The Morgan fingerprint density at radius 1 is 1.35 bits per heavy atom. The van der Waals surface area contributed by atoms with E-state index in [0.29, 0.717) is 32.2 Å². The number of amides is 1. The molecule has 0 spiro atoms. The number of carbonyl (C=O) groups excluding carboxylic acids is 1. The summed E-state index contributed by atoms with van der Waals surface area (Å²) in [7, 11) is 2.11. The third-order valence-corrected chi connectivity index (χ3v) is 4.03. The van der Waals surface area contributed by atoms with Crippen LogP contribution in [0.15, 0.2) is 4.99 Å². The molecule has 1 saturated heterocycles. The third-order valence-electron chi connectivity index (χ3n) is 4.03. The average molecular weight is 327 g/mol. The summed E-state index contributed by atoms with van der Waals surface area (Å²) in [4.78, 5) is 20.0. The summed E-state index contributed by atoms with van der Waals surface area (Å²) < 4.78 is 5.01. The standard InChI is InChI=1S/C16H33N5O2/c1-4-6-10-20(3)13-9-18-15(17)19-14-7-11-21(12-8-14)16(22)23-5-2/h14H,4-13H2,1-3H3,(H3,17,18,19). The van der Waals surface area contributed by atoms with Crippen molar-refractivity contribution in [2.75, 3.05) is 46.4 Å². The first-order valence-corrected chi connectivity index (χ1v) is 8.73. The maximum atomic E-state index is 11.6. The van der Waals surface area contributed by atoms with Crippen molar-refractivity contribution in [2.24, 2.45) is 10.7 Å². The van der Waals surface area contributed by atoms with Gasteiger partial charge in [0.1, 0.15) is 0 Å². The van der Waals surface area contributed by atoms with Crippen molar-refractivity contribution in [3.8, 4) is 0 Å². The fourth-order valence-corrected chi connectivity index (χ4v) is 2.56. The number of rotatable bonds is 8. The maximum Gasteiger partial charge on any atom is 0.409 e. The first-order valence-electron chi connectivity index (χ1n) is 8.73. The van der Waals surface area contributed by atoms with E-state index in [1.54, 1.807) is 4.90 Å². The highest BCUT2D eigenvalue weighted by atomic mass is 16.6. The van der Waals surface area contributed by atoms with E-state index in [2.05, 4.69) is 29.2 Å². The molecule has 7 heteroatoms. The molecule has 7 nitrogen and oxygen atoms in total. The van der Waals surface area contributed by atoms with Gasteiger partial charge in [-0.2, -0.15) is 0 Å². The topological polar surface area (TPSA) is 83.2 Å². The summed E-state index contributed by atoms with van der Waals surface area (Å²) in [5.74, 6) is 0.503. The molecule has 0 radical (unpaired) electrons. The van der Waals surface area contributed by atoms with Crippen LogP contribution >= 0.6 is 0 Å². The van der Waals surface area contributed by atoms with Crippen molar-refractivity contribution in [2.45, 2.75) is 45.6 Å². The van der Waals surface area contributed by atoms with Gasteiger partial charge in [-0.15, -0.1) is 0 Å². The number of nitrogens with two attached hydrogens (primary N) is 1. The van der Waals surface area contributed by atoms with Gasteiger partial charge in [-0.05, 0) is 39.8 Å². The summed E-state index contributed by atoms with van der Waals surface area (Å²) in [5.41, 5.74) is 5.95. The number of piperidine rings is 1. The van der Waals surface area contributed by atoms with Gasteiger partial charge < -0.3 is 25.6 Å². The predicted molar refractivity (Wildman–Crippen MR) is 93.6 cm³/mol. The molecule has 0 bridgehead atoms. The minimum absolute atomic E-state index is 0.220. The van der Waals surface area contributed by atoms with Crippen molar-refractivity contribution < 1.29 is 9.53 Å². The van der Waals surface area contributed by atoms with E-state index in [1.807, 2.05) is 6.92 Å². The van der Waals surface area contributed by atoms with Gasteiger partial charge >= 0.3 is 6.09 Å². The molecular formula is C16H33N5O2. The minimum atomic E-state index is -0.220. The Morgan fingerprint density at radius 2 is 2.04 bits per heavy atom. The number of likely N-dealkylation sites (tertiary alicyclic amines) is 1. The zero-order valence-corrected chi connectivity index (χ0v) is 14.9. The van der Waals surface area contributed by atoms with Gasteiger partial charge in [-0.1, -0.05) is 13.3 Å². The number of aliphatic imine (C=N–C) groups is 1. The molecule has 1 amide bonds. The molecule has 1 aliphatic heterocycles. The zero-order chi connectivity index (χ0) is 17.1. The van der Waals surface area contributed by atoms with Crippen molar-refractivity contribution >= 4 is 12.1 Å². The number of ether oxygens (including phenoxy) is 1. The lowest BCUT2D eigenvalue weighted by Gasteiger charge is -2.31. The molecule has 1 rings (SSSR count). The zero-order valence-electron chi connectivity index (χ0n) is 14.9. The highest BCUT2D eigenvalue weighted by Crippen LogP contribution is 2.11. The van der Waals surface area contributed by atoms with Gasteiger partial charge in [0.25, 0.3) is 0 Å². The predicted octanol–water partition coefficient (Wildman–Crippen LogP) is 1.24. The average Bonchev–Trinajstić information content (AvgIpc) is 2.53. The molecule has 1 fully saturated rings. The lowest BCUT2D eigenvalue weighted by molar-refractivity contribution is 0.0963. The molecule has 0 unspecified atom stereocenters. The van der Waals surface area contributed by atoms with Gasteiger partial charge in [-0.3, -0.25) is 4.99 Å². The lowest BCUT2D eigenvalue weighted by atomic mass is 10.1. The first-order chi connectivity index (χ1) is 11.1. The molecule has 0 saturated carbocycles. The van der Waals surface area contributed by atoms with Crippen LogP contribution in [0, 0.1) is 0 Å². The third kappa shape index (κ3) is 8.06. The molecule has 23 heavy (non-hydrogen) atoms. The van der Waals surface area contributed by atoms with E-state index in [9.17, 15) is 4.79 Å². The fraction of sp³-hybridized carbons (Fsp3) is 0.875. The first kappa shape index (κ1) is 19.5. The molecule has 0 aromatic rings. The van der Waals surface area contributed by atoms with E-state index < -0.39 is 0 Å². The van der Waals surface area contributed by atoms with Crippen LogP contribution in [0.3, 0.4) is 0 Å². The van der Waals surface area contributed by atoms with Crippen LogP contribution in [-0.4, -0.2) is 74.3 Å². The van der Waals surface area contributed by atoms with Crippen LogP contribution < -0.4 is 11.1 Å². The van der Waals surface area contributed by atoms with Crippen molar-refractivity contribution in [3.63, 3.8) is 0 Å². The molecule has 1 heterocycles. The molecule has 134 valence electrons. The van der Waals surface area contributed by atoms with E-state index in [4.69, 9.17) is 10.5 Å². The van der Waals surface area contributed by atoms with E-state index in [0.717, 1.165) is 25.9 Å². The Kier molecular flexibility index (Phi) is 9.43. The Hall–Kier alpha value is -1.50. The highest BCUT2D eigenvalue weighted by Gasteiger charge is 2.23. The number of nitrogens with one attached hydrogen (secondary N) is 1. The second-order valence-corrected chi connectivity index (χ2v) is 6.03. The molecule has 0 aromatic carbocycles. The normalized spacial score (nSPS) is 16.7. The van der Waals surface area contributed by atoms with Gasteiger partial charge in [-0.25, -0.2) is 4.79 Å². The molecule has 0 aromatic heterocycles. The number of guanidine groups is 1. The van der Waals surface area contributed by atoms with Gasteiger partial charge in [0, 0.05) is 25.7 Å². The number of likely N-dealkylation sites (N-methyl/N-ethyl adjacent to an activating group) is 1. The van der Waals surface area contributed by atoms with Gasteiger partial charge in [0.2, 0.25) is 0 Å². The Morgan fingerprint density at radius 3 is 2.65 bits per heavy atom. The summed E-state index contributed by atoms with van der Waals surface area (Å²) in [6.07, 6.45) is 3.94. The van der Waals surface area contributed by atoms with Gasteiger partial charge in [0.15, 0.2) is 5.96 Å². The summed E-state index contributed by atoms with van der Waals surface area (Å²) in [5, 5.41) is 3.26. The molecule has 3 N–H and O–H groups in total. The fourth-order valence-electron chi connectivity index (χ4n) is 2.56. The number of hydrogen-bond acceptors (Lipinski definition) is 4. The summed E-state index contributed by atoms with van der Waals surface area (Å²) in [6.45, 7) is 8.57. The Balaban J connectivity index is 2.21. The second-order valence-electron chi connectivity index (χ2n) is 6.03. The van der Waals surface area contributed by atoms with Crippen LogP contribution in [0.25, 0.3) is 0 Å². The number of hydrogen-bond donors (Lipinski definition) is 2. The molecular weight excluding hydrogens is 294 g/mol. The monoisotopic (exact) mass is 327 g/mol. The van der Waals surface area contributed by atoms with E-state index in [1.165, 1.54) is 12.8 Å². The van der Waals surface area contributed by atoms with Gasteiger partial charge in [0.05, 0.1) is 13.2 Å². The molecule has 0 atom stereocenters. The van der Waals surface area contributed by atoms with Crippen molar-refractivity contribution in [1.82, 2.24) is 15.1 Å². The largest absolute Gasteiger partial charge is 0.450 e. The number of nitrogens with zero attached hydrogens (tertiary/aromatic N) is 3. The van der Waals surface area contributed by atoms with Crippen LogP contribution in [0.5, 0.6) is 0 Å². The van der Waals surface area contributed by atoms with Crippen molar-refractivity contribution in [3.05, 3.63) is 0 Å². The van der Waals surface area contributed by atoms with E-state index in [-0.39, 0.29) is 12.1 Å². The van der Waals surface area contributed by atoms with Crippen LogP contribution in [0.4, 0.5) is 4.79 Å². The lowest BCUT2D eigenvalue weighted by Crippen LogP contribution is -2.48. The number of unbranched alkanes of at least 4 members (excludes halogenated alkanes) is 1.